The second kappa shape index (κ2) is 7.82. The highest BCUT2D eigenvalue weighted by atomic mass is 35.5. The number of halogens is 1. The third-order valence-corrected chi connectivity index (χ3v) is 4.99. The molecular weight excluding hydrogens is 298 g/mol. The van der Waals surface area contributed by atoms with Gasteiger partial charge in [-0.2, -0.15) is 0 Å². The van der Waals surface area contributed by atoms with Crippen LogP contribution in [0.1, 0.15) is 50.6 Å². The molecule has 3 rings (SSSR count). The summed E-state index contributed by atoms with van der Waals surface area (Å²) >= 11 is 0. The Morgan fingerprint density at radius 1 is 1.18 bits per heavy atom. The molecule has 2 fully saturated rings. The molecule has 1 atom stereocenters. The van der Waals surface area contributed by atoms with Crippen molar-refractivity contribution in [2.75, 3.05) is 12.3 Å². The average Bonchev–Trinajstić information content (AvgIpc) is 3.00. The molecule has 1 aromatic rings. The van der Waals surface area contributed by atoms with Gasteiger partial charge in [-0.05, 0) is 43.7 Å². The first-order chi connectivity index (χ1) is 10.2. The van der Waals surface area contributed by atoms with Gasteiger partial charge in [-0.1, -0.05) is 19.3 Å². The molecule has 1 aliphatic heterocycles. The van der Waals surface area contributed by atoms with Crippen LogP contribution in [0.5, 0.6) is 0 Å². The van der Waals surface area contributed by atoms with E-state index >= 15 is 0 Å². The number of nitrogens with zero attached hydrogens (tertiary/aromatic N) is 2. The number of carbonyl (C=O) groups excluding carboxylic acids is 1. The monoisotopic (exact) mass is 323 g/mol. The van der Waals surface area contributed by atoms with Gasteiger partial charge in [0.2, 0.25) is 5.91 Å². The molecule has 1 saturated heterocycles. The summed E-state index contributed by atoms with van der Waals surface area (Å²) in [6.45, 7) is 0.926. The van der Waals surface area contributed by atoms with E-state index in [-0.39, 0.29) is 18.3 Å². The van der Waals surface area contributed by atoms with E-state index in [1.165, 1.54) is 38.5 Å². The van der Waals surface area contributed by atoms with E-state index in [9.17, 15) is 4.79 Å². The van der Waals surface area contributed by atoms with Crippen LogP contribution < -0.4 is 5.73 Å². The van der Waals surface area contributed by atoms with Crippen LogP contribution >= 0.6 is 12.4 Å². The van der Waals surface area contributed by atoms with E-state index in [2.05, 4.69) is 9.88 Å². The van der Waals surface area contributed by atoms with Crippen LogP contribution in [0.3, 0.4) is 0 Å². The summed E-state index contributed by atoms with van der Waals surface area (Å²) in [6, 6.07) is 4.16. The molecule has 1 amide bonds. The number of nitrogens with two attached hydrogens (primary N) is 1. The Morgan fingerprint density at radius 2 is 1.95 bits per heavy atom. The van der Waals surface area contributed by atoms with Gasteiger partial charge in [0.25, 0.3) is 0 Å². The maximum absolute atomic E-state index is 12.6. The van der Waals surface area contributed by atoms with Gasteiger partial charge in [-0.25, -0.2) is 0 Å². The van der Waals surface area contributed by atoms with Gasteiger partial charge in [-0.3, -0.25) is 9.78 Å². The first-order valence-electron chi connectivity index (χ1n) is 8.24. The summed E-state index contributed by atoms with van der Waals surface area (Å²) in [7, 11) is 0. The number of pyridine rings is 1. The maximum atomic E-state index is 12.6. The quantitative estimate of drug-likeness (QED) is 0.929. The predicted octanol–water partition coefficient (Wildman–Crippen LogP) is 3.20. The summed E-state index contributed by atoms with van der Waals surface area (Å²) in [5, 5.41) is 0. The largest absolute Gasteiger partial charge is 0.397 e. The van der Waals surface area contributed by atoms with Gasteiger partial charge in [0, 0.05) is 18.3 Å². The van der Waals surface area contributed by atoms with Crippen molar-refractivity contribution < 1.29 is 4.79 Å². The lowest BCUT2D eigenvalue weighted by Gasteiger charge is -2.34. The third-order valence-electron chi connectivity index (χ3n) is 4.99. The molecule has 122 valence electrons. The second-order valence-corrected chi connectivity index (χ2v) is 6.45. The Hall–Kier alpha value is -1.29. The number of likely N-dealkylation sites (tertiary alicyclic amines) is 1. The van der Waals surface area contributed by atoms with Crippen molar-refractivity contribution >= 4 is 24.0 Å². The average molecular weight is 324 g/mol. The molecular formula is C17H26ClN3O. The van der Waals surface area contributed by atoms with Crippen molar-refractivity contribution in [1.29, 1.82) is 0 Å². The summed E-state index contributed by atoms with van der Waals surface area (Å²) in [5.41, 5.74) is 7.11. The lowest BCUT2D eigenvalue weighted by atomic mass is 9.83. The molecule has 2 heterocycles. The molecule has 1 aromatic heterocycles. The molecule has 22 heavy (non-hydrogen) atoms. The molecule has 1 unspecified atom stereocenters. The van der Waals surface area contributed by atoms with Crippen molar-refractivity contribution in [3.05, 3.63) is 24.0 Å². The van der Waals surface area contributed by atoms with Gasteiger partial charge >= 0.3 is 0 Å². The highest BCUT2D eigenvalue weighted by Gasteiger charge is 2.34. The fourth-order valence-corrected chi connectivity index (χ4v) is 3.91. The number of hydrogen-bond donors (Lipinski definition) is 1. The summed E-state index contributed by atoms with van der Waals surface area (Å²) in [6.07, 6.45) is 11.0. The predicted molar refractivity (Wildman–Crippen MR) is 90.9 cm³/mol. The van der Waals surface area contributed by atoms with Crippen LogP contribution in [-0.2, 0) is 11.2 Å². The molecule has 0 radical (unpaired) electrons. The van der Waals surface area contributed by atoms with Gasteiger partial charge in [0.15, 0.2) is 0 Å². The number of carbonyl (C=O) groups is 1. The van der Waals surface area contributed by atoms with E-state index in [1.54, 1.807) is 6.20 Å². The maximum Gasteiger partial charge on any atom is 0.228 e. The molecule has 0 bridgehead atoms. The first kappa shape index (κ1) is 17.1. The molecule has 0 aromatic carbocycles. The van der Waals surface area contributed by atoms with Crippen LogP contribution in [0.4, 0.5) is 5.69 Å². The molecule has 5 heteroatoms. The number of hydrogen-bond acceptors (Lipinski definition) is 3. The Labute approximate surface area is 138 Å². The summed E-state index contributed by atoms with van der Waals surface area (Å²) < 4.78 is 0. The van der Waals surface area contributed by atoms with Gasteiger partial charge in [0.1, 0.15) is 0 Å². The molecule has 0 spiro atoms. The van der Waals surface area contributed by atoms with Gasteiger partial charge < -0.3 is 10.6 Å². The molecule has 2 N–H and O–H groups in total. The van der Waals surface area contributed by atoms with Crippen molar-refractivity contribution in [2.45, 2.75) is 57.4 Å². The van der Waals surface area contributed by atoms with Crippen LogP contribution in [0.15, 0.2) is 18.3 Å². The van der Waals surface area contributed by atoms with Crippen LogP contribution in [0.2, 0.25) is 0 Å². The zero-order valence-corrected chi connectivity index (χ0v) is 13.9. The lowest BCUT2D eigenvalue weighted by molar-refractivity contribution is -0.132. The minimum atomic E-state index is 0. The van der Waals surface area contributed by atoms with Crippen LogP contribution in [-0.4, -0.2) is 28.4 Å². The number of aromatic nitrogens is 1. The highest BCUT2D eigenvalue weighted by Crippen LogP contribution is 2.34. The smallest absolute Gasteiger partial charge is 0.228 e. The third kappa shape index (κ3) is 3.92. The standard InChI is InChI=1S/C17H25N3O.ClH/c18-14-8-9-15(19-12-14)11-17(21)20-10-4-7-16(20)13-5-2-1-3-6-13;/h8-9,12-13,16H,1-7,10-11,18H2;1H. The Bertz CT molecular complexity index is 485. The van der Waals surface area contributed by atoms with E-state index in [0.717, 1.165) is 24.6 Å². The SMILES string of the molecule is Cl.Nc1ccc(CC(=O)N2CCCC2C2CCCCC2)nc1. The van der Waals surface area contributed by atoms with E-state index in [0.29, 0.717) is 18.2 Å². The normalized spacial score (nSPS) is 22.4. The second-order valence-electron chi connectivity index (χ2n) is 6.45. The van der Waals surface area contributed by atoms with E-state index < -0.39 is 0 Å². The fourth-order valence-electron chi connectivity index (χ4n) is 3.91. The van der Waals surface area contributed by atoms with Gasteiger partial charge in [0.05, 0.1) is 18.3 Å². The Balaban J connectivity index is 0.00000176. The van der Waals surface area contributed by atoms with Crippen LogP contribution in [0, 0.1) is 5.92 Å². The zero-order valence-electron chi connectivity index (χ0n) is 13.0. The number of amides is 1. The van der Waals surface area contributed by atoms with E-state index in [4.69, 9.17) is 5.73 Å². The highest BCUT2D eigenvalue weighted by molar-refractivity contribution is 5.85. The Morgan fingerprint density at radius 3 is 2.64 bits per heavy atom. The topological polar surface area (TPSA) is 59.2 Å². The summed E-state index contributed by atoms with van der Waals surface area (Å²) in [4.78, 5) is 19.0. The van der Waals surface area contributed by atoms with Crippen molar-refractivity contribution in [3.8, 4) is 0 Å². The summed E-state index contributed by atoms with van der Waals surface area (Å²) in [5.74, 6) is 0.963. The minimum absolute atomic E-state index is 0. The van der Waals surface area contributed by atoms with E-state index in [1.807, 2.05) is 12.1 Å². The minimum Gasteiger partial charge on any atom is -0.397 e. The fraction of sp³-hybridized carbons (Fsp3) is 0.647. The molecule has 1 saturated carbocycles. The first-order valence-corrected chi connectivity index (χ1v) is 8.24. The molecule has 2 aliphatic rings. The van der Waals surface area contributed by atoms with Gasteiger partial charge in [-0.15, -0.1) is 12.4 Å². The number of rotatable bonds is 3. The number of nitrogen functional groups attached to an aromatic ring is 1. The lowest BCUT2D eigenvalue weighted by Crippen LogP contribution is -2.41. The Kier molecular flexibility index (Phi) is 6.07. The van der Waals surface area contributed by atoms with Crippen molar-refractivity contribution in [3.63, 3.8) is 0 Å². The molecule has 1 aliphatic carbocycles. The van der Waals surface area contributed by atoms with Crippen molar-refractivity contribution in [2.24, 2.45) is 5.92 Å². The number of anilines is 1. The van der Waals surface area contributed by atoms with Crippen LogP contribution in [0.25, 0.3) is 0 Å². The molecule has 4 nitrogen and oxygen atoms in total. The zero-order chi connectivity index (χ0) is 14.7. The van der Waals surface area contributed by atoms with Crippen molar-refractivity contribution in [1.82, 2.24) is 9.88 Å².